The first kappa shape index (κ1) is 6.59. The van der Waals surface area contributed by atoms with Crippen molar-refractivity contribution in [2.45, 2.75) is 26.7 Å². The van der Waals surface area contributed by atoms with Crippen molar-refractivity contribution in [3.63, 3.8) is 0 Å². The Morgan fingerprint density at radius 1 is 1.78 bits per heavy atom. The molecular weight excluding hydrogens is 114 g/mol. The monoisotopic (exact) mass is 127 g/mol. The van der Waals surface area contributed by atoms with Gasteiger partial charge in [0.2, 0.25) is 5.91 Å². The highest BCUT2D eigenvalue weighted by molar-refractivity contribution is 5.79. The maximum absolute atomic E-state index is 10.7. The SMILES string of the molecule is CCC1(C)CNC(=O)C1. The van der Waals surface area contributed by atoms with Gasteiger partial charge in [0, 0.05) is 13.0 Å². The van der Waals surface area contributed by atoms with Crippen LogP contribution in [0.15, 0.2) is 0 Å². The lowest BCUT2D eigenvalue weighted by atomic mass is 9.87. The Hall–Kier alpha value is -0.530. The van der Waals surface area contributed by atoms with Crippen LogP contribution in [-0.2, 0) is 4.79 Å². The van der Waals surface area contributed by atoms with E-state index in [4.69, 9.17) is 0 Å². The predicted molar refractivity (Wildman–Crippen MR) is 36.0 cm³/mol. The van der Waals surface area contributed by atoms with Crippen LogP contribution in [0.3, 0.4) is 0 Å². The number of carbonyl (C=O) groups excluding carboxylic acids is 1. The van der Waals surface area contributed by atoms with Crippen LogP contribution in [0.5, 0.6) is 0 Å². The zero-order chi connectivity index (χ0) is 6.91. The molecule has 1 rings (SSSR count). The van der Waals surface area contributed by atoms with E-state index in [2.05, 4.69) is 19.2 Å². The third kappa shape index (κ3) is 1.23. The van der Waals surface area contributed by atoms with Gasteiger partial charge in [0.1, 0.15) is 0 Å². The molecule has 1 heterocycles. The lowest BCUT2D eigenvalue weighted by Crippen LogP contribution is -2.19. The number of nitrogens with one attached hydrogen (secondary N) is 1. The van der Waals surface area contributed by atoms with Crippen LogP contribution in [0.2, 0.25) is 0 Å². The fourth-order valence-electron chi connectivity index (χ4n) is 1.07. The molecule has 1 N–H and O–H groups in total. The topological polar surface area (TPSA) is 29.1 Å². The molecule has 1 saturated heterocycles. The molecule has 0 radical (unpaired) electrons. The van der Waals surface area contributed by atoms with E-state index in [9.17, 15) is 4.79 Å². The van der Waals surface area contributed by atoms with Gasteiger partial charge >= 0.3 is 0 Å². The van der Waals surface area contributed by atoms with Crippen molar-refractivity contribution >= 4 is 5.91 Å². The molecule has 0 spiro atoms. The molecule has 0 aromatic carbocycles. The summed E-state index contributed by atoms with van der Waals surface area (Å²) < 4.78 is 0. The van der Waals surface area contributed by atoms with E-state index in [0.717, 1.165) is 13.0 Å². The van der Waals surface area contributed by atoms with E-state index in [1.165, 1.54) is 0 Å². The highest BCUT2D eigenvalue weighted by Gasteiger charge is 2.31. The number of hydrogen-bond donors (Lipinski definition) is 1. The molecule has 52 valence electrons. The molecule has 1 atom stereocenters. The van der Waals surface area contributed by atoms with Gasteiger partial charge in [-0.2, -0.15) is 0 Å². The van der Waals surface area contributed by atoms with Crippen LogP contribution in [0, 0.1) is 5.41 Å². The largest absolute Gasteiger partial charge is 0.356 e. The molecule has 1 aliphatic rings. The Kier molecular flexibility index (Phi) is 1.47. The fourth-order valence-corrected chi connectivity index (χ4v) is 1.07. The molecule has 2 heteroatoms. The summed E-state index contributed by atoms with van der Waals surface area (Å²) in [5.74, 6) is 0.208. The molecule has 0 bridgehead atoms. The summed E-state index contributed by atoms with van der Waals surface area (Å²) in [5.41, 5.74) is 0.247. The molecule has 9 heavy (non-hydrogen) atoms. The number of rotatable bonds is 1. The van der Waals surface area contributed by atoms with Crippen molar-refractivity contribution in [1.82, 2.24) is 5.32 Å². The van der Waals surface area contributed by atoms with E-state index < -0.39 is 0 Å². The van der Waals surface area contributed by atoms with Crippen LogP contribution in [-0.4, -0.2) is 12.5 Å². The summed E-state index contributed by atoms with van der Waals surface area (Å²) in [6.07, 6.45) is 1.80. The van der Waals surface area contributed by atoms with Crippen molar-refractivity contribution in [3.8, 4) is 0 Å². The van der Waals surface area contributed by atoms with Crippen molar-refractivity contribution in [2.75, 3.05) is 6.54 Å². The quantitative estimate of drug-likeness (QED) is 0.557. The number of hydrogen-bond acceptors (Lipinski definition) is 1. The smallest absolute Gasteiger partial charge is 0.220 e. The van der Waals surface area contributed by atoms with Crippen molar-refractivity contribution in [1.29, 1.82) is 0 Å². The van der Waals surface area contributed by atoms with E-state index in [0.29, 0.717) is 6.42 Å². The molecule has 0 aliphatic carbocycles. The third-order valence-electron chi connectivity index (χ3n) is 2.15. The zero-order valence-electron chi connectivity index (χ0n) is 6.03. The first-order chi connectivity index (χ1) is 4.16. The average Bonchev–Trinajstić information content (AvgIpc) is 2.13. The van der Waals surface area contributed by atoms with Gasteiger partial charge in [-0.05, 0) is 11.8 Å². The second-order valence-electron chi connectivity index (χ2n) is 3.12. The summed E-state index contributed by atoms with van der Waals surface area (Å²) in [6.45, 7) is 5.13. The van der Waals surface area contributed by atoms with E-state index in [-0.39, 0.29) is 11.3 Å². The Labute approximate surface area is 55.6 Å². The Morgan fingerprint density at radius 3 is 2.67 bits per heavy atom. The highest BCUT2D eigenvalue weighted by atomic mass is 16.1. The maximum atomic E-state index is 10.7. The van der Waals surface area contributed by atoms with E-state index in [1.54, 1.807) is 0 Å². The van der Waals surface area contributed by atoms with Crippen molar-refractivity contribution < 1.29 is 4.79 Å². The molecule has 1 unspecified atom stereocenters. The average molecular weight is 127 g/mol. The molecule has 0 aromatic heterocycles. The summed E-state index contributed by atoms with van der Waals surface area (Å²) in [4.78, 5) is 10.7. The summed E-state index contributed by atoms with van der Waals surface area (Å²) in [6, 6.07) is 0. The molecule has 1 fully saturated rings. The lowest BCUT2D eigenvalue weighted by molar-refractivity contribution is -0.119. The van der Waals surface area contributed by atoms with Gasteiger partial charge in [0.05, 0.1) is 0 Å². The van der Waals surface area contributed by atoms with E-state index >= 15 is 0 Å². The van der Waals surface area contributed by atoms with Gasteiger partial charge in [0.25, 0.3) is 0 Å². The summed E-state index contributed by atoms with van der Waals surface area (Å²) in [7, 11) is 0. The van der Waals surface area contributed by atoms with E-state index in [1.807, 2.05) is 0 Å². The van der Waals surface area contributed by atoms with Crippen LogP contribution in [0.4, 0.5) is 0 Å². The van der Waals surface area contributed by atoms with Gasteiger partial charge < -0.3 is 5.32 Å². The minimum Gasteiger partial charge on any atom is -0.356 e. The minimum absolute atomic E-state index is 0.208. The van der Waals surface area contributed by atoms with Gasteiger partial charge in [-0.25, -0.2) is 0 Å². The minimum atomic E-state index is 0.208. The molecule has 1 amide bonds. The predicted octanol–water partition coefficient (Wildman–Crippen LogP) is 0.923. The van der Waals surface area contributed by atoms with Gasteiger partial charge in [-0.1, -0.05) is 13.8 Å². The Balaban J connectivity index is 2.54. The second kappa shape index (κ2) is 2.01. The summed E-state index contributed by atoms with van der Waals surface area (Å²) >= 11 is 0. The van der Waals surface area contributed by atoms with Crippen LogP contribution < -0.4 is 5.32 Å². The fraction of sp³-hybridized carbons (Fsp3) is 0.857. The first-order valence-corrected chi connectivity index (χ1v) is 3.43. The summed E-state index contributed by atoms with van der Waals surface area (Å²) in [5, 5.41) is 2.82. The number of amides is 1. The molecule has 0 saturated carbocycles. The van der Waals surface area contributed by atoms with Gasteiger partial charge in [-0.3, -0.25) is 4.79 Å². The van der Waals surface area contributed by atoms with Crippen LogP contribution >= 0.6 is 0 Å². The maximum Gasteiger partial charge on any atom is 0.220 e. The van der Waals surface area contributed by atoms with Gasteiger partial charge in [-0.15, -0.1) is 0 Å². The lowest BCUT2D eigenvalue weighted by Gasteiger charge is -2.17. The van der Waals surface area contributed by atoms with Gasteiger partial charge in [0.15, 0.2) is 0 Å². The normalized spacial score (nSPS) is 34.7. The number of carbonyl (C=O) groups is 1. The molecule has 0 aromatic rings. The van der Waals surface area contributed by atoms with Crippen molar-refractivity contribution in [2.24, 2.45) is 5.41 Å². The first-order valence-electron chi connectivity index (χ1n) is 3.43. The molecular formula is C7H13NO. The van der Waals surface area contributed by atoms with Crippen LogP contribution in [0.25, 0.3) is 0 Å². The Bertz CT molecular complexity index is 133. The van der Waals surface area contributed by atoms with Crippen LogP contribution in [0.1, 0.15) is 26.7 Å². The molecule has 2 nitrogen and oxygen atoms in total. The Morgan fingerprint density at radius 2 is 2.44 bits per heavy atom. The highest BCUT2D eigenvalue weighted by Crippen LogP contribution is 2.28. The molecule has 1 aliphatic heterocycles. The third-order valence-corrected chi connectivity index (χ3v) is 2.15. The second-order valence-corrected chi connectivity index (χ2v) is 3.12. The zero-order valence-corrected chi connectivity index (χ0v) is 6.03. The standard InChI is InChI=1S/C7H13NO/c1-3-7(2)4-6(9)8-5-7/h3-5H2,1-2H3,(H,8,9). The van der Waals surface area contributed by atoms with Crippen molar-refractivity contribution in [3.05, 3.63) is 0 Å².